The second kappa shape index (κ2) is 12.9. The van der Waals surface area contributed by atoms with E-state index in [1.165, 1.54) is 12.1 Å². The molecule has 5 nitrogen and oxygen atoms in total. The number of nitrogens with one attached hydrogen (secondary N) is 1. The lowest BCUT2D eigenvalue weighted by Crippen LogP contribution is -2.46. The smallest absolute Gasteiger partial charge is 0.193 e. The molecule has 1 aromatic rings. The number of ether oxygens (including phenoxy) is 2. The van der Waals surface area contributed by atoms with Crippen LogP contribution in [0.4, 0.5) is 4.39 Å². The first kappa shape index (κ1) is 23.6. The van der Waals surface area contributed by atoms with Crippen molar-refractivity contribution in [3.63, 3.8) is 0 Å². The molecule has 1 aliphatic heterocycles. The molecule has 0 aliphatic carbocycles. The van der Waals surface area contributed by atoms with Gasteiger partial charge in [-0.3, -0.25) is 4.99 Å². The number of likely N-dealkylation sites (tertiary alicyclic amines) is 1. The first-order chi connectivity index (χ1) is 12.1. The summed E-state index contributed by atoms with van der Waals surface area (Å²) >= 11 is 3.46. The summed E-state index contributed by atoms with van der Waals surface area (Å²) in [5.74, 6) is 0.607. The van der Waals surface area contributed by atoms with Gasteiger partial charge in [-0.1, -0.05) is 15.9 Å². The standard InChI is InChI=1S/C18H27BrFN3O2.HI/c1-21-18(22-13-14-12-15(20)4-5-17(14)19)23-8-6-16(7-9-23)25-11-3-10-24-2;/h4-5,12,16H,3,6-11,13H2,1-2H3,(H,21,22);1H. The van der Waals surface area contributed by atoms with Crippen molar-refractivity contribution in [2.45, 2.75) is 31.9 Å². The monoisotopic (exact) mass is 543 g/mol. The van der Waals surface area contributed by atoms with E-state index in [9.17, 15) is 4.39 Å². The highest BCUT2D eigenvalue weighted by Crippen LogP contribution is 2.18. The zero-order valence-corrected chi connectivity index (χ0v) is 19.3. The maximum atomic E-state index is 13.4. The van der Waals surface area contributed by atoms with E-state index >= 15 is 0 Å². The van der Waals surface area contributed by atoms with Gasteiger partial charge >= 0.3 is 0 Å². The van der Waals surface area contributed by atoms with Crippen LogP contribution in [-0.2, 0) is 16.0 Å². The van der Waals surface area contributed by atoms with Crippen molar-refractivity contribution >= 4 is 45.9 Å². The van der Waals surface area contributed by atoms with Gasteiger partial charge in [-0.05, 0) is 43.0 Å². The second-order valence-electron chi connectivity index (χ2n) is 6.04. The molecule has 26 heavy (non-hydrogen) atoms. The Hall–Kier alpha value is -0.450. The van der Waals surface area contributed by atoms with Crippen LogP contribution in [0.5, 0.6) is 0 Å². The number of methoxy groups -OCH3 is 1. The van der Waals surface area contributed by atoms with Gasteiger partial charge in [0.25, 0.3) is 0 Å². The van der Waals surface area contributed by atoms with E-state index in [0.29, 0.717) is 12.6 Å². The topological polar surface area (TPSA) is 46.1 Å². The van der Waals surface area contributed by atoms with Gasteiger partial charge in [0.2, 0.25) is 0 Å². The quantitative estimate of drug-likeness (QED) is 0.246. The highest BCUT2D eigenvalue weighted by atomic mass is 127. The van der Waals surface area contributed by atoms with Crippen LogP contribution < -0.4 is 5.32 Å². The Bertz CT molecular complexity index is 569. The van der Waals surface area contributed by atoms with Crippen LogP contribution in [0.1, 0.15) is 24.8 Å². The van der Waals surface area contributed by atoms with Crippen molar-refractivity contribution in [2.24, 2.45) is 4.99 Å². The molecule has 1 heterocycles. The van der Waals surface area contributed by atoms with Crippen molar-refractivity contribution in [2.75, 3.05) is 40.5 Å². The van der Waals surface area contributed by atoms with Crippen LogP contribution in [0.3, 0.4) is 0 Å². The summed E-state index contributed by atoms with van der Waals surface area (Å²) in [4.78, 5) is 6.58. The Morgan fingerprint density at radius 1 is 1.35 bits per heavy atom. The summed E-state index contributed by atoms with van der Waals surface area (Å²) in [6.07, 6.45) is 3.21. The molecule has 0 saturated carbocycles. The molecular formula is C18H28BrFIN3O2. The van der Waals surface area contributed by atoms with Gasteiger partial charge in [-0.15, -0.1) is 24.0 Å². The molecule has 1 saturated heterocycles. The highest BCUT2D eigenvalue weighted by molar-refractivity contribution is 14.0. The van der Waals surface area contributed by atoms with Gasteiger partial charge < -0.3 is 19.7 Å². The number of aliphatic imine (C=N–C) groups is 1. The maximum Gasteiger partial charge on any atom is 0.193 e. The zero-order valence-electron chi connectivity index (χ0n) is 15.3. The zero-order chi connectivity index (χ0) is 18.1. The first-order valence-corrected chi connectivity index (χ1v) is 9.43. The molecule has 0 spiro atoms. The van der Waals surface area contributed by atoms with Crippen LogP contribution in [-0.4, -0.2) is 57.4 Å². The van der Waals surface area contributed by atoms with Crippen LogP contribution >= 0.6 is 39.9 Å². The molecule has 2 rings (SSSR count). The third-order valence-corrected chi connectivity index (χ3v) is 5.02. The lowest BCUT2D eigenvalue weighted by Gasteiger charge is -2.34. The van der Waals surface area contributed by atoms with Gasteiger partial charge in [0.1, 0.15) is 5.82 Å². The molecule has 1 aromatic carbocycles. The van der Waals surface area contributed by atoms with E-state index in [4.69, 9.17) is 9.47 Å². The van der Waals surface area contributed by atoms with E-state index in [0.717, 1.165) is 61.6 Å². The molecule has 148 valence electrons. The molecule has 1 aliphatic rings. The van der Waals surface area contributed by atoms with Gasteiger partial charge in [0.05, 0.1) is 6.10 Å². The lowest BCUT2D eigenvalue weighted by molar-refractivity contribution is 0.00989. The first-order valence-electron chi connectivity index (χ1n) is 8.64. The number of piperidine rings is 1. The van der Waals surface area contributed by atoms with Gasteiger partial charge in [0, 0.05) is 51.5 Å². The summed E-state index contributed by atoms with van der Waals surface area (Å²) in [5, 5.41) is 3.32. The van der Waals surface area contributed by atoms with E-state index in [-0.39, 0.29) is 29.8 Å². The molecule has 0 amide bonds. The molecule has 8 heteroatoms. The maximum absolute atomic E-state index is 13.4. The number of rotatable bonds is 7. The van der Waals surface area contributed by atoms with Crippen molar-refractivity contribution in [1.29, 1.82) is 0 Å². The Labute approximate surface area is 180 Å². The number of hydrogen-bond acceptors (Lipinski definition) is 3. The average molecular weight is 544 g/mol. The number of benzene rings is 1. The SMILES string of the molecule is CN=C(NCc1cc(F)ccc1Br)N1CCC(OCCCOC)CC1.I. The number of hydrogen-bond donors (Lipinski definition) is 1. The summed E-state index contributed by atoms with van der Waals surface area (Å²) in [6.45, 7) is 3.82. The predicted molar refractivity (Wildman–Crippen MR) is 117 cm³/mol. The third-order valence-electron chi connectivity index (χ3n) is 4.24. The van der Waals surface area contributed by atoms with E-state index in [1.54, 1.807) is 20.2 Å². The Morgan fingerprint density at radius 3 is 2.73 bits per heavy atom. The highest BCUT2D eigenvalue weighted by Gasteiger charge is 2.21. The van der Waals surface area contributed by atoms with Crippen molar-refractivity contribution in [3.8, 4) is 0 Å². The molecular weight excluding hydrogens is 516 g/mol. The molecule has 0 aromatic heterocycles. The van der Waals surface area contributed by atoms with E-state index in [2.05, 4.69) is 31.1 Å². The fourth-order valence-corrected chi connectivity index (χ4v) is 3.26. The van der Waals surface area contributed by atoms with Crippen LogP contribution in [0.15, 0.2) is 27.7 Å². The van der Waals surface area contributed by atoms with Gasteiger partial charge in [0.15, 0.2) is 5.96 Å². The molecule has 1 fully saturated rings. The fourth-order valence-electron chi connectivity index (χ4n) is 2.87. The predicted octanol–water partition coefficient (Wildman–Crippen LogP) is 3.80. The summed E-state index contributed by atoms with van der Waals surface area (Å²) < 4.78 is 25.2. The number of guanidine groups is 1. The van der Waals surface area contributed by atoms with Gasteiger partial charge in [-0.2, -0.15) is 0 Å². The second-order valence-corrected chi connectivity index (χ2v) is 6.89. The third kappa shape index (κ3) is 7.66. The minimum atomic E-state index is -0.235. The molecule has 0 bridgehead atoms. The minimum absolute atomic E-state index is 0. The van der Waals surface area contributed by atoms with Crippen LogP contribution in [0.25, 0.3) is 0 Å². The molecule has 0 radical (unpaired) electrons. The van der Waals surface area contributed by atoms with Crippen LogP contribution in [0.2, 0.25) is 0 Å². The van der Waals surface area contributed by atoms with E-state index < -0.39 is 0 Å². The largest absolute Gasteiger partial charge is 0.385 e. The van der Waals surface area contributed by atoms with Crippen molar-refractivity contribution in [3.05, 3.63) is 34.1 Å². The number of nitrogens with zero attached hydrogens (tertiary/aromatic N) is 2. The van der Waals surface area contributed by atoms with Crippen LogP contribution in [0, 0.1) is 5.82 Å². The van der Waals surface area contributed by atoms with Crippen molar-refractivity contribution in [1.82, 2.24) is 10.2 Å². The van der Waals surface area contributed by atoms with Crippen molar-refractivity contribution < 1.29 is 13.9 Å². The Balaban J connectivity index is 0.00000338. The Morgan fingerprint density at radius 2 is 2.08 bits per heavy atom. The summed E-state index contributed by atoms with van der Waals surface area (Å²) in [7, 11) is 3.48. The minimum Gasteiger partial charge on any atom is -0.385 e. The molecule has 1 N–H and O–H groups in total. The number of halogens is 3. The molecule has 0 atom stereocenters. The molecule has 0 unspecified atom stereocenters. The summed E-state index contributed by atoms with van der Waals surface area (Å²) in [6, 6.07) is 4.70. The van der Waals surface area contributed by atoms with E-state index in [1.807, 2.05) is 0 Å². The summed E-state index contributed by atoms with van der Waals surface area (Å²) in [5.41, 5.74) is 0.873. The average Bonchev–Trinajstić information content (AvgIpc) is 2.63. The fraction of sp³-hybridized carbons (Fsp3) is 0.611. The Kier molecular flexibility index (Phi) is 11.7. The van der Waals surface area contributed by atoms with Gasteiger partial charge in [-0.25, -0.2) is 4.39 Å². The normalized spacial score (nSPS) is 15.7. The lowest BCUT2D eigenvalue weighted by atomic mass is 10.1.